The SMILES string of the molecule is COc1cccc([C@H]2[C@@H](NC(=O)c3cscn3)CCN2C2CC2)c1. The first-order chi connectivity index (χ1) is 11.8. The number of thiazole rings is 1. The summed E-state index contributed by atoms with van der Waals surface area (Å²) >= 11 is 1.44. The lowest BCUT2D eigenvalue weighted by molar-refractivity contribution is 0.0919. The van der Waals surface area contributed by atoms with Gasteiger partial charge in [-0.2, -0.15) is 0 Å². The molecule has 1 aromatic heterocycles. The van der Waals surface area contributed by atoms with E-state index in [-0.39, 0.29) is 18.0 Å². The van der Waals surface area contributed by atoms with Gasteiger partial charge in [0.05, 0.1) is 24.7 Å². The number of nitrogens with one attached hydrogen (secondary N) is 1. The van der Waals surface area contributed by atoms with Gasteiger partial charge in [-0.05, 0) is 37.0 Å². The fraction of sp³-hybridized carbons (Fsp3) is 0.444. The second kappa shape index (κ2) is 6.53. The van der Waals surface area contributed by atoms with Gasteiger partial charge in [-0.3, -0.25) is 9.69 Å². The van der Waals surface area contributed by atoms with E-state index in [0.29, 0.717) is 11.7 Å². The summed E-state index contributed by atoms with van der Waals surface area (Å²) in [6.07, 6.45) is 3.48. The number of amides is 1. The van der Waals surface area contributed by atoms with Gasteiger partial charge in [0.2, 0.25) is 0 Å². The Balaban J connectivity index is 1.59. The number of rotatable bonds is 5. The molecule has 2 aromatic rings. The maximum Gasteiger partial charge on any atom is 0.271 e. The summed E-state index contributed by atoms with van der Waals surface area (Å²) in [7, 11) is 1.69. The standard InChI is InChI=1S/C18H21N3O2S/c1-23-14-4-2-3-12(9-14)17-15(7-8-21(17)13-5-6-13)20-18(22)16-10-24-11-19-16/h2-4,9-11,13,15,17H,5-8H2,1H3,(H,20,22)/t15-,17-/m0/s1. The van der Waals surface area contributed by atoms with Crippen LogP contribution >= 0.6 is 11.3 Å². The number of hydrogen-bond acceptors (Lipinski definition) is 5. The molecule has 1 aromatic carbocycles. The zero-order valence-electron chi connectivity index (χ0n) is 13.6. The second-order valence-electron chi connectivity index (χ2n) is 6.43. The highest BCUT2D eigenvalue weighted by atomic mass is 32.1. The van der Waals surface area contributed by atoms with Gasteiger partial charge in [-0.1, -0.05) is 12.1 Å². The summed E-state index contributed by atoms with van der Waals surface area (Å²) < 4.78 is 5.39. The molecule has 0 bridgehead atoms. The molecular formula is C18H21N3O2S. The normalized spacial score (nSPS) is 24.0. The Bertz CT molecular complexity index is 715. The number of methoxy groups -OCH3 is 1. The lowest BCUT2D eigenvalue weighted by Gasteiger charge is -2.29. The molecule has 2 atom stereocenters. The van der Waals surface area contributed by atoms with E-state index < -0.39 is 0 Å². The van der Waals surface area contributed by atoms with Crippen LogP contribution < -0.4 is 10.1 Å². The quantitative estimate of drug-likeness (QED) is 0.907. The van der Waals surface area contributed by atoms with Crippen molar-refractivity contribution in [2.24, 2.45) is 0 Å². The number of aromatic nitrogens is 1. The Morgan fingerprint density at radius 3 is 2.96 bits per heavy atom. The van der Waals surface area contributed by atoms with E-state index in [1.54, 1.807) is 18.0 Å². The van der Waals surface area contributed by atoms with Gasteiger partial charge in [0.15, 0.2) is 0 Å². The van der Waals surface area contributed by atoms with Crippen LogP contribution in [0.2, 0.25) is 0 Å². The van der Waals surface area contributed by atoms with E-state index in [0.717, 1.165) is 18.7 Å². The maximum atomic E-state index is 12.4. The van der Waals surface area contributed by atoms with Crippen LogP contribution in [0.15, 0.2) is 35.2 Å². The number of nitrogens with zero attached hydrogens (tertiary/aromatic N) is 2. The minimum atomic E-state index is -0.0770. The predicted molar refractivity (Wildman–Crippen MR) is 93.4 cm³/mol. The van der Waals surface area contributed by atoms with Gasteiger partial charge in [-0.25, -0.2) is 4.98 Å². The lowest BCUT2D eigenvalue weighted by Crippen LogP contribution is -2.40. The van der Waals surface area contributed by atoms with E-state index in [4.69, 9.17) is 4.74 Å². The highest BCUT2D eigenvalue weighted by Crippen LogP contribution is 2.41. The van der Waals surface area contributed by atoms with Crippen LogP contribution in [-0.2, 0) is 0 Å². The van der Waals surface area contributed by atoms with Crippen LogP contribution in [0, 0.1) is 0 Å². The molecule has 1 saturated heterocycles. The molecule has 0 unspecified atom stereocenters. The van der Waals surface area contributed by atoms with Crippen LogP contribution in [0.25, 0.3) is 0 Å². The lowest BCUT2D eigenvalue weighted by atomic mass is 9.99. The number of hydrogen-bond donors (Lipinski definition) is 1. The van der Waals surface area contributed by atoms with Crippen molar-refractivity contribution in [1.29, 1.82) is 0 Å². The van der Waals surface area contributed by atoms with E-state index >= 15 is 0 Å². The highest BCUT2D eigenvalue weighted by Gasteiger charge is 2.43. The summed E-state index contributed by atoms with van der Waals surface area (Å²) in [6.45, 7) is 1.02. The van der Waals surface area contributed by atoms with Gasteiger partial charge in [0, 0.05) is 18.0 Å². The monoisotopic (exact) mass is 343 g/mol. The van der Waals surface area contributed by atoms with Gasteiger partial charge < -0.3 is 10.1 Å². The molecule has 0 spiro atoms. The molecule has 2 heterocycles. The largest absolute Gasteiger partial charge is 0.497 e. The molecule has 126 valence electrons. The minimum Gasteiger partial charge on any atom is -0.497 e. The van der Waals surface area contributed by atoms with Gasteiger partial charge in [-0.15, -0.1) is 11.3 Å². The molecule has 1 N–H and O–H groups in total. The average Bonchev–Trinajstić information content (AvgIpc) is 3.14. The first-order valence-corrected chi connectivity index (χ1v) is 9.29. The van der Waals surface area contributed by atoms with E-state index in [1.807, 2.05) is 12.1 Å². The summed E-state index contributed by atoms with van der Waals surface area (Å²) in [5.74, 6) is 0.784. The molecule has 6 heteroatoms. The number of likely N-dealkylation sites (tertiary alicyclic amines) is 1. The summed E-state index contributed by atoms with van der Waals surface area (Å²) in [5.41, 5.74) is 3.41. The summed E-state index contributed by atoms with van der Waals surface area (Å²) in [5, 5.41) is 5.00. The first-order valence-electron chi connectivity index (χ1n) is 8.35. The highest BCUT2D eigenvalue weighted by molar-refractivity contribution is 7.07. The van der Waals surface area contributed by atoms with Crippen molar-refractivity contribution in [2.45, 2.75) is 37.4 Å². The van der Waals surface area contributed by atoms with E-state index in [1.165, 1.54) is 29.7 Å². The molecule has 0 radical (unpaired) electrons. The van der Waals surface area contributed by atoms with Crippen LogP contribution in [0.5, 0.6) is 5.75 Å². The molecule has 1 aliphatic heterocycles. The fourth-order valence-electron chi connectivity index (χ4n) is 3.60. The third-order valence-electron chi connectivity index (χ3n) is 4.87. The van der Waals surface area contributed by atoms with Gasteiger partial charge in [0.25, 0.3) is 5.91 Å². The number of carbonyl (C=O) groups is 1. The Kier molecular flexibility index (Phi) is 4.24. The molecular weight excluding hydrogens is 322 g/mol. The average molecular weight is 343 g/mol. The zero-order valence-corrected chi connectivity index (χ0v) is 14.5. The predicted octanol–water partition coefficient (Wildman–Crippen LogP) is 2.86. The number of benzene rings is 1. The topological polar surface area (TPSA) is 54.5 Å². The molecule has 1 amide bonds. The summed E-state index contributed by atoms with van der Waals surface area (Å²) in [6, 6.07) is 9.17. The molecule has 5 nitrogen and oxygen atoms in total. The van der Waals surface area contributed by atoms with Crippen molar-refractivity contribution in [2.75, 3.05) is 13.7 Å². The van der Waals surface area contributed by atoms with Gasteiger partial charge >= 0.3 is 0 Å². The Hall–Kier alpha value is -1.92. The minimum absolute atomic E-state index is 0.0770. The zero-order chi connectivity index (χ0) is 16.5. The summed E-state index contributed by atoms with van der Waals surface area (Å²) in [4.78, 5) is 19.1. The second-order valence-corrected chi connectivity index (χ2v) is 7.15. The van der Waals surface area contributed by atoms with Crippen LogP contribution in [0.4, 0.5) is 0 Å². The number of carbonyl (C=O) groups excluding carboxylic acids is 1. The molecule has 1 aliphatic carbocycles. The smallest absolute Gasteiger partial charge is 0.271 e. The van der Waals surface area contributed by atoms with Crippen molar-refractivity contribution < 1.29 is 9.53 Å². The van der Waals surface area contributed by atoms with Crippen LogP contribution in [0.3, 0.4) is 0 Å². The van der Waals surface area contributed by atoms with Crippen molar-refractivity contribution in [3.8, 4) is 5.75 Å². The Morgan fingerprint density at radius 1 is 1.38 bits per heavy atom. The van der Waals surface area contributed by atoms with Crippen LogP contribution in [-0.4, -0.2) is 41.5 Å². The molecule has 24 heavy (non-hydrogen) atoms. The van der Waals surface area contributed by atoms with Crippen molar-refractivity contribution in [3.63, 3.8) is 0 Å². The first kappa shape index (κ1) is 15.6. The molecule has 4 rings (SSSR count). The van der Waals surface area contributed by atoms with E-state index in [9.17, 15) is 4.79 Å². The van der Waals surface area contributed by atoms with E-state index in [2.05, 4.69) is 27.3 Å². The molecule has 2 aliphatic rings. The Labute approximate surface area is 145 Å². The van der Waals surface area contributed by atoms with Gasteiger partial charge in [0.1, 0.15) is 11.4 Å². The van der Waals surface area contributed by atoms with Crippen molar-refractivity contribution in [3.05, 3.63) is 46.4 Å². The van der Waals surface area contributed by atoms with Crippen molar-refractivity contribution in [1.82, 2.24) is 15.2 Å². The third-order valence-corrected chi connectivity index (χ3v) is 5.46. The Morgan fingerprint density at radius 2 is 2.25 bits per heavy atom. The van der Waals surface area contributed by atoms with Crippen molar-refractivity contribution >= 4 is 17.2 Å². The molecule has 2 fully saturated rings. The number of ether oxygens (including phenoxy) is 1. The van der Waals surface area contributed by atoms with Crippen LogP contribution in [0.1, 0.15) is 41.4 Å². The molecule has 1 saturated carbocycles. The maximum absolute atomic E-state index is 12.4. The fourth-order valence-corrected chi connectivity index (χ4v) is 4.13. The third kappa shape index (κ3) is 3.03.